The molecule has 0 radical (unpaired) electrons. The van der Waals surface area contributed by atoms with Crippen molar-refractivity contribution >= 4 is 27.7 Å². The van der Waals surface area contributed by atoms with Crippen LogP contribution in [0, 0.1) is 0 Å². The van der Waals surface area contributed by atoms with Gasteiger partial charge in [0.05, 0.1) is 12.7 Å². The van der Waals surface area contributed by atoms with E-state index in [1.165, 1.54) is 20.1 Å². The zero-order chi connectivity index (χ0) is 10.7. The molecule has 0 aliphatic carbocycles. The summed E-state index contributed by atoms with van der Waals surface area (Å²) in [4.78, 5) is 22.3. The van der Waals surface area contributed by atoms with Crippen LogP contribution in [0.5, 0.6) is 0 Å². The standard InChI is InChI=1S/C10H9BrO3/c1-6(12)7-3-4-9(11)8(5-7)10(13)14-2/h3-5H,1-2H3. The Kier molecular flexibility index (Phi) is 3.41. The van der Waals surface area contributed by atoms with E-state index in [2.05, 4.69) is 20.7 Å². The van der Waals surface area contributed by atoms with Crippen LogP contribution in [0.15, 0.2) is 22.7 Å². The molecule has 0 amide bonds. The average Bonchev–Trinajstić information content (AvgIpc) is 2.17. The van der Waals surface area contributed by atoms with E-state index in [1.54, 1.807) is 12.1 Å². The molecule has 0 spiro atoms. The number of hydrogen-bond acceptors (Lipinski definition) is 3. The summed E-state index contributed by atoms with van der Waals surface area (Å²) in [6.45, 7) is 1.45. The van der Waals surface area contributed by atoms with Gasteiger partial charge in [-0.2, -0.15) is 0 Å². The van der Waals surface area contributed by atoms with Crippen molar-refractivity contribution in [2.45, 2.75) is 6.92 Å². The lowest BCUT2D eigenvalue weighted by atomic mass is 10.1. The van der Waals surface area contributed by atoms with Gasteiger partial charge in [0.1, 0.15) is 0 Å². The Morgan fingerprint density at radius 2 is 2.00 bits per heavy atom. The predicted molar refractivity (Wildman–Crippen MR) is 55.5 cm³/mol. The minimum atomic E-state index is -0.458. The molecule has 0 saturated carbocycles. The summed E-state index contributed by atoms with van der Waals surface area (Å²) in [7, 11) is 1.30. The van der Waals surface area contributed by atoms with Gasteiger partial charge in [-0.1, -0.05) is 6.07 Å². The molecule has 0 bridgehead atoms. The molecule has 0 N–H and O–H groups in total. The zero-order valence-electron chi connectivity index (χ0n) is 7.83. The largest absolute Gasteiger partial charge is 0.465 e. The minimum absolute atomic E-state index is 0.0809. The van der Waals surface area contributed by atoms with Crippen LogP contribution in [0.2, 0.25) is 0 Å². The van der Waals surface area contributed by atoms with E-state index in [1.807, 2.05) is 0 Å². The first-order valence-electron chi connectivity index (χ1n) is 3.95. The summed E-state index contributed by atoms with van der Waals surface area (Å²) in [6.07, 6.45) is 0. The summed E-state index contributed by atoms with van der Waals surface area (Å²) >= 11 is 3.21. The second kappa shape index (κ2) is 4.37. The number of Topliss-reactive ketones (excluding diaryl/α,β-unsaturated/α-hetero) is 1. The van der Waals surface area contributed by atoms with E-state index in [0.717, 1.165) is 0 Å². The highest BCUT2D eigenvalue weighted by molar-refractivity contribution is 9.10. The molecule has 1 aromatic rings. The molecule has 3 nitrogen and oxygen atoms in total. The van der Waals surface area contributed by atoms with Crippen LogP contribution < -0.4 is 0 Å². The highest BCUT2D eigenvalue weighted by Crippen LogP contribution is 2.19. The van der Waals surface area contributed by atoms with E-state index in [0.29, 0.717) is 15.6 Å². The number of carbonyl (C=O) groups excluding carboxylic acids is 2. The lowest BCUT2D eigenvalue weighted by molar-refractivity contribution is 0.0599. The monoisotopic (exact) mass is 256 g/mol. The molecular weight excluding hydrogens is 248 g/mol. The van der Waals surface area contributed by atoms with Crippen LogP contribution in [-0.2, 0) is 4.74 Å². The Bertz CT molecular complexity index is 385. The van der Waals surface area contributed by atoms with Crippen molar-refractivity contribution < 1.29 is 14.3 Å². The normalized spacial score (nSPS) is 9.64. The Morgan fingerprint density at radius 3 is 2.50 bits per heavy atom. The first-order chi connectivity index (χ1) is 6.56. The third-order valence-electron chi connectivity index (χ3n) is 1.78. The number of benzene rings is 1. The van der Waals surface area contributed by atoms with Gasteiger partial charge in [0, 0.05) is 10.0 Å². The van der Waals surface area contributed by atoms with Crippen molar-refractivity contribution in [2.24, 2.45) is 0 Å². The van der Waals surface area contributed by atoms with E-state index in [4.69, 9.17) is 0 Å². The molecule has 14 heavy (non-hydrogen) atoms. The molecule has 4 heteroatoms. The number of ether oxygens (including phenoxy) is 1. The molecule has 0 fully saturated rings. The number of carbonyl (C=O) groups is 2. The van der Waals surface area contributed by atoms with E-state index in [9.17, 15) is 9.59 Å². The quantitative estimate of drug-likeness (QED) is 0.603. The molecule has 0 aromatic heterocycles. The Balaban J connectivity index is 3.21. The molecular formula is C10H9BrO3. The molecule has 0 atom stereocenters. The maximum Gasteiger partial charge on any atom is 0.339 e. The second-order valence-corrected chi connectivity index (χ2v) is 3.60. The molecule has 74 valence electrons. The van der Waals surface area contributed by atoms with Gasteiger partial charge < -0.3 is 4.74 Å². The first kappa shape index (κ1) is 10.9. The molecule has 0 unspecified atom stereocenters. The van der Waals surface area contributed by atoms with Crippen molar-refractivity contribution in [1.82, 2.24) is 0 Å². The number of methoxy groups -OCH3 is 1. The Hall–Kier alpha value is -1.16. The van der Waals surface area contributed by atoms with Gasteiger partial charge in [-0.05, 0) is 35.0 Å². The van der Waals surface area contributed by atoms with Crippen molar-refractivity contribution in [2.75, 3.05) is 7.11 Å². The number of esters is 1. The summed E-state index contributed by atoms with van der Waals surface area (Å²) in [6, 6.07) is 4.82. The molecule has 0 heterocycles. The Labute approximate surface area is 90.2 Å². The third-order valence-corrected chi connectivity index (χ3v) is 2.47. The van der Waals surface area contributed by atoms with Crippen molar-refractivity contribution in [3.05, 3.63) is 33.8 Å². The van der Waals surface area contributed by atoms with E-state index >= 15 is 0 Å². The van der Waals surface area contributed by atoms with Gasteiger partial charge in [-0.15, -0.1) is 0 Å². The first-order valence-corrected chi connectivity index (χ1v) is 4.74. The fourth-order valence-corrected chi connectivity index (χ4v) is 1.42. The van der Waals surface area contributed by atoms with Gasteiger partial charge in [-0.25, -0.2) is 4.79 Å². The summed E-state index contributed by atoms with van der Waals surface area (Å²) in [5, 5.41) is 0. The fourth-order valence-electron chi connectivity index (χ4n) is 1.01. The average molecular weight is 257 g/mol. The van der Waals surface area contributed by atoms with E-state index < -0.39 is 5.97 Å². The molecule has 0 saturated heterocycles. The van der Waals surface area contributed by atoms with Gasteiger partial charge in [0.15, 0.2) is 5.78 Å². The number of hydrogen-bond donors (Lipinski definition) is 0. The van der Waals surface area contributed by atoms with Gasteiger partial charge in [0.25, 0.3) is 0 Å². The summed E-state index contributed by atoms with van der Waals surface area (Å²) in [5.41, 5.74) is 0.855. The zero-order valence-corrected chi connectivity index (χ0v) is 9.42. The predicted octanol–water partition coefficient (Wildman–Crippen LogP) is 2.44. The smallest absolute Gasteiger partial charge is 0.339 e. The van der Waals surface area contributed by atoms with Crippen LogP contribution in [0.25, 0.3) is 0 Å². The third kappa shape index (κ3) is 2.20. The molecule has 0 aliphatic heterocycles. The number of rotatable bonds is 2. The number of ketones is 1. The maximum atomic E-state index is 11.2. The highest BCUT2D eigenvalue weighted by Gasteiger charge is 2.12. The van der Waals surface area contributed by atoms with Crippen LogP contribution in [0.4, 0.5) is 0 Å². The second-order valence-electron chi connectivity index (χ2n) is 2.74. The van der Waals surface area contributed by atoms with Gasteiger partial charge in [-0.3, -0.25) is 4.79 Å². The van der Waals surface area contributed by atoms with Gasteiger partial charge >= 0.3 is 5.97 Å². The minimum Gasteiger partial charge on any atom is -0.465 e. The topological polar surface area (TPSA) is 43.4 Å². The van der Waals surface area contributed by atoms with Crippen LogP contribution >= 0.6 is 15.9 Å². The number of halogens is 1. The fraction of sp³-hybridized carbons (Fsp3) is 0.200. The lowest BCUT2D eigenvalue weighted by Gasteiger charge is -2.03. The lowest BCUT2D eigenvalue weighted by Crippen LogP contribution is -2.04. The molecule has 1 rings (SSSR count). The van der Waals surface area contributed by atoms with Crippen molar-refractivity contribution in [3.63, 3.8) is 0 Å². The summed E-state index contributed by atoms with van der Waals surface area (Å²) < 4.78 is 5.19. The van der Waals surface area contributed by atoms with Crippen LogP contribution in [0.3, 0.4) is 0 Å². The van der Waals surface area contributed by atoms with Crippen molar-refractivity contribution in [1.29, 1.82) is 0 Å². The molecule has 0 aliphatic rings. The van der Waals surface area contributed by atoms with Gasteiger partial charge in [0.2, 0.25) is 0 Å². The SMILES string of the molecule is COC(=O)c1cc(C(C)=O)ccc1Br. The maximum absolute atomic E-state index is 11.2. The van der Waals surface area contributed by atoms with Crippen molar-refractivity contribution in [3.8, 4) is 0 Å². The Morgan fingerprint density at radius 1 is 1.36 bits per heavy atom. The highest BCUT2D eigenvalue weighted by atomic mass is 79.9. The van der Waals surface area contributed by atoms with Crippen LogP contribution in [-0.4, -0.2) is 18.9 Å². The summed E-state index contributed by atoms with van der Waals surface area (Å²) in [5.74, 6) is -0.539. The van der Waals surface area contributed by atoms with Crippen LogP contribution in [0.1, 0.15) is 27.6 Å². The van der Waals surface area contributed by atoms with E-state index in [-0.39, 0.29) is 5.78 Å². The molecule has 1 aromatic carbocycles.